The smallest absolute Gasteiger partial charge is 0.225 e. The number of rotatable bonds is 6. The molecular formula is C25H34N4O2. The predicted octanol–water partition coefficient (Wildman–Crippen LogP) is 4.50. The monoisotopic (exact) mass is 422 g/mol. The average Bonchev–Trinajstić information content (AvgIpc) is 3.30. The minimum Gasteiger partial charge on any atom is -0.497 e. The van der Waals surface area contributed by atoms with Crippen LogP contribution in [0.25, 0.3) is 11.1 Å². The average molecular weight is 423 g/mol. The first-order valence-corrected chi connectivity index (χ1v) is 11.5. The van der Waals surface area contributed by atoms with Crippen molar-refractivity contribution in [3.63, 3.8) is 0 Å². The van der Waals surface area contributed by atoms with E-state index in [0.29, 0.717) is 24.2 Å². The van der Waals surface area contributed by atoms with E-state index < -0.39 is 0 Å². The first-order chi connectivity index (χ1) is 15.0. The summed E-state index contributed by atoms with van der Waals surface area (Å²) in [6.45, 7) is 1.56. The molecule has 1 amide bonds. The summed E-state index contributed by atoms with van der Waals surface area (Å²) in [6, 6.07) is 8.03. The van der Waals surface area contributed by atoms with E-state index in [1.807, 2.05) is 43.4 Å². The van der Waals surface area contributed by atoms with Gasteiger partial charge in [0.1, 0.15) is 5.75 Å². The molecule has 1 saturated heterocycles. The molecule has 0 bridgehead atoms. The van der Waals surface area contributed by atoms with Gasteiger partial charge in [-0.1, -0.05) is 31.4 Å². The number of likely N-dealkylation sites (tertiary alicyclic amines) is 1. The maximum Gasteiger partial charge on any atom is 0.225 e. The minimum atomic E-state index is 0.221. The van der Waals surface area contributed by atoms with Gasteiger partial charge in [0.05, 0.1) is 12.8 Å². The second kappa shape index (κ2) is 9.67. The predicted molar refractivity (Wildman–Crippen MR) is 123 cm³/mol. The summed E-state index contributed by atoms with van der Waals surface area (Å²) in [6.07, 6.45) is 9.86. The molecule has 1 saturated carbocycles. The molecule has 2 aliphatic rings. The Morgan fingerprint density at radius 2 is 2.00 bits per heavy atom. The molecule has 2 aromatic rings. The second-order valence-corrected chi connectivity index (χ2v) is 9.13. The van der Waals surface area contributed by atoms with Gasteiger partial charge in [-0.15, -0.1) is 0 Å². The van der Waals surface area contributed by atoms with Crippen LogP contribution < -0.4 is 9.64 Å². The number of hydrogen-bond acceptors (Lipinski definition) is 5. The fourth-order valence-electron chi connectivity index (χ4n) is 4.90. The molecule has 1 aromatic heterocycles. The summed E-state index contributed by atoms with van der Waals surface area (Å²) in [7, 11) is 5.59. The molecular weight excluding hydrogens is 388 g/mol. The number of carbonyl (C=O) groups is 1. The number of methoxy groups -OCH3 is 1. The number of aromatic nitrogens is 2. The molecule has 0 N–H and O–H groups in total. The van der Waals surface area contributed by atoms with Crippen LogP contribution in [0.4, 0.5) is 5.95 Å². The molecule has 0 radical (unpaired) electrons. The van der Waals surface area contributed by atoms with Crippen molar-refractivity contribution in [3.05, 3.63) is 36.2 Å². The van der Waals surface area contributed by atoms with Crippen LogP contribution in [0, 0.1) is 5.92 Å². The van der Waals surface area contributed by atoms with E-state index in [4.69, 9.17) is 9.72 Å². The summed E-state index contributed by atoms with van der Waals surface area (Å²) in [5.41, 5.74) is 3.10. The van der Waals surface area contributed by atoms with E-state index in [-0.39, 0.29) is 5.92 Å². The molecule has 6 nitrogen and oxygen atoms in total. The third-order valence-electron chi connectivity index (χ3n) is 6.70. The van der Waals surface area contributed by atoms with Crippen molar-refractivity contribution in [2.75, 3.05) is 39.2 Å². The normalized spacial score (nSPS) is 19.5. The van der Waals surface area contributed by atoms with E-state index >= 15 is 0 Å². The van der Waals surface area contributed by atoms with Gasteiger partial charge in [0, 0.05) is 51.3 Å². The standard InChI is InChI=1S/C25H34N4O2/c1-28(2)25-26-16-22(19-10-7-11-21(15-19)31-3)24(27-25)20-12-13-29(17-20)23(30)14-18-8-5-4-6-9-18/h7,10-11,15-16,18,20H,4-6,8-9,12-14,17H2,1-3H3. The molecule has 1 aliphatic carbocycles. The Kier molecular flexibility index (Phi) is 6.73. The van der Waals surface area contributed by atoms with E-state index in [0.717, 1.165) is 42.1 Å². The highest BCUT2D eigenvalue weighted by Crippen LogP contribution is 2.36. The van der Waals surface area contributed by atoms with Crippen LogP contribution in [-0.4, -0.2) is 55.1 Å². The first-order valence-electron chi connectivity index (χ1n) is 11.5. The van der Waals surface area contributed by atoms with Gasteiger partial charge in [0.25, 0.3) is 0 Å². The maximum atomic E-state index is 13.0. The van der Waals surface area contributed by atoms with Gasteiger partial charge in [-0.25, -0.2) is 9.97 Å². The largest absolute Gasteiger partial charge is 0.497 e. The maximum absolute atomic E-state index is 13.0. The Bertz CT molecular complexity index is 908. The topological polar surface area (TPSA) is 58.6 Å². The summed E-state index contributed by atoms with van der Waals surface area (Å²) in [4.78, 5) is 26.5. The molecule has 1 unspecified atom stereocenters. The number of carbonyl (C=O) groups excluding carboxylic acids is 1. The van der Waals surface area contributed by atoms with Crippen LogP contribution in [0.5, 0.6) is 5.75 Å². The molecule has 166 valence electrons. The number of nitrogens with zero attached hydrogens (tertiary/aromatic N) is 4. The lowest BCUT2D eigenvalue weighted by Gasteiger charge is -2.24. The Morgan fingerprint density at radius 3 is 2.74 bits per heavy atom. The summed E-state index contributed by atoms with van der Waals surface area (Å²) < 4.78 is 5.42. The summed E-state index contributed by atoms with van der Waals surface area (Å²) >= 11 is 0. The summed E-state index contributed by atoms with van der Waals surface area (Å²) in [5, 5.41) is 0. The number of benzene rings is 1. The SMILES string of the molecule is COc1cccc(-c2cnc(N(C)C)nc2C2CCN(C(=O)CC3CCCCC3)C2)c1. The first kappa shape index (κ1) is 21.6. The zero-order chi connectivity index (χ0) is 21.8. The molecule has 1 aromatic carbocycles. The Labute approximate surface area is 185 Å². The van der Waals surface area contributed by atoms with Crippen LogP contribution in [0.15, 0.2) is 30.5 Å². The van der Waals surface area contributed by atoms with Gasteiger partial charge in [-0.2, -0.15) is 0 Å². The van der Waals surface area contributed by atoms with Gasteiger partial charge in [0.2, 0.25) is 11.9 Å². The molecule has 1 aliphatic heterocycles. The van der Waals surface area contributed by atoms with Gasteiger partial charge in [-0.3, -0.25) is 4.79 Å². The fraction of sp³-hybridized carbons (Fsp3) is 0.560. The molecule has 0 spiro atoms. The van der Waals surface area contributed by atoms with E-state index in [1.165, 1.54) is 32.1 Å². The van der Waals surface area contributed by atoms with Crippen LogP contribution >= 0.6 is 0 Å². The van der Waals surface area contributed by atoms with E-state index in [1.54, 1.807) is 7.11 Å². The zero-order valence-corrected chi connectivity index (χ0v) is 19.0. The molecule has 31 heavy (non-hydrogen) atoms. The molecule has 6 heteroatoms. The molecule has 1 atom stereocenters. The molecule has 2 fully saturated rings. The minimum absolute atomic E-state index is 0.221. The Morgan fingerprint density at radius 1 is 1.19 bits per heavy atom. The van der Waals surface area contributed by atoms with Crippen LogP contribution in [0.1, 0.15) is 56.6 Å². The lowest BCUT2D eigenvalue weighted by molar-refractivity contribution is -0.131. The third kappa shape index (κ3) is 5.00. The molecule has 4 rings (SSSR count). The van der Waals surface area contributed by atoms with E-state index in [2.05, 4.69) is 16.0 Å². The second-order valence-electron chi connectivity index (χ2n) is 9.13. The highest BCUT2D eigenvalue weighted by atomic mass is 16.5. The lowest BCUT2D eigenvalue weighted by atomic mass is 9.86. The van der Waals surface area contributed by atoms with Crippen molar-refractivity contribution >= 4 is 11.9 Å². The fourth-order valence-corrected chi connectivity index (χ4v) is 4.90. The Hall–Kier alpha value is -2.63. The number of hydrogen-bond donors (Lipinski definition) is 0. The number of amides is 1. The van der Waals surface area contributed by atoms with Crippen LogP contribution in [-0.2, 0) is 4.79 Å². The third-order valence-corrected chi connectivity index (χ3v) is 6.70. The van der Waals surface area contributed by atoms with Crippen LogP contribution in [0.3, 0.4) is 0 Å². The van der Waals surface area contributed by atoms with Gasteiger partial charge >= 0.3 is 0 Å². The number of ether oxygens (including phenoxy) is 1. The van der Waals surface area contributed by atoms with Crippen molar-refractivity contribution in [3.8, 4) is 16.9 Å². The van der Waals surface area contributed by atoms with Gasteiger partial charge < -0.3 is 14.5 Å². The van der Waals surface area contributed by atoms with Crippen molar-refractivity contribution in [1.29, 1.82) is 0 Å². The summed E-state index contributed by atoms with van der Waals surface area (Å²) in [5.74, 6) is 2.63. The zero-order valence-electron chi connectivity index (χ0n) is 19.0. The molecule has 2 heterocycles. The lowest BCUT2D eigenvalue weighted by Crippen LogP contribution is -2.30. The van der Waals surface area contributed by atoms with Gasteiger partial charge in [0.15, 0.2) is 0 Å². The van der Waals surface area contributed by atoms with Crippen molar-refractivity contribution in [1.82, 2.24) is 14.9 Å². The van der Waals surface area contributed by atoms with Crippen molar-refractivity contribution in [2.24, 2.45) is 5.92 Å². The van der Waals surface area contributed by atoms with Gasteiger partial charge in [-0.05, 0) is 42.9 Å². The van der Waals surface area contributed by atoms with Crippen molar-refractivity contribution < 1.29 is 9.53 Å². The van der Waals surface area contributed by atoms with E-state index in [9.17, 15) is 4.79 Å². The highest BCUT2D eigenvalue weighted by molar-refractivity contribution is 5.77. The van der Waals surface area contributed by atoms with Crippen LogP contribution in [0.2, 0.25) is 0 Å². The Balaban J connectivity index is 1.56. The number of anilines is 1. The highest BCUT2D eigenvalue weighted by Gasteiger charge is 2.31. The quantitative estimate of drug-likeness (QED) is 0.686. The van der Waals surface area contributed by atoms with Crippen molar-refractivity contribution in [2.45, 2.75) is 50.9 Å².